The summed E-state index contributed by atoms with van der Waals surface area (Å²) < 4.78 is 0. The van der Waals surface area contributed by atoms with Gasteiger partial charge >= 0.3 is 5.97 Å². The SMILES string of the molecule is CC(C)C(NC(=O)C(CCCN=C(N)N)NC(=O)C(Cc1ccccc1)NC(=O)C(N)Cc1c[nH]c2ccccc12)C(=O)O. The number of nitrogens with two attached hydrogens (primary N) is 3. The number of carbonyl (C=O) groups excluding carboxylic acids is 3. The zero-order chi connectivity index (χ0) is 32.2. The smallest absolute Gasteiger partial charge is 0.326 e. The van der Waals surface area contributed by atoms with E-state index >= 15 is 0 Å². The van der Waals surface area contributed by atoms with E-state index < -0.39 is 53.8 Å². The number of carbonyl (C=O) groups is 4. The van der Waals surface area contributed by atoms with Crippen LogP contribution in [-0.2, 0) is 32.0 Å². The number of carboxylic acid groups (broad SMARTS) is 1. The van der Waals surface area contributed by atoms with E-state index in [1.807, 2.05) is 54.6 Å². The summed E-state index contributed by atoms with van der Waals surface area (Å²) >= 11 is 0. The summed E-state index contributed by atoms with van der Waals surface area (Å²) in [6.07, 6.45) is 2.60. The molecule has 0 aliphatic rings. The maximum atomic E-state index is 13.7. The number of nitrogens with one attached hydrogen (secondary N) is 4. The molecule has 44 heavy (non-hydrogen) atoms. The van der Waals surface area contributed by atoms with Crippen LogP contribution in [0.1, 0.15) is 37.8 Å². The summed E-state index contributed by atoms with van der Waals surface area (Å²) in [7, 11) is 0. The lowest BCUT2D eigenvalue weighted by molar-refractivity contribution is -0.143. The Morgan fingerprint density at radius 3 is 2.16 bits per heavy atom. The third-order valence-electron chi connectivity index (χ3n) is 7.18. The van der Waals surface area contributed by atoms with E-state index in [0.717, 1.165) is 22.0 Å². The van der Waals surface area contributed by atoms with Gasteiger partial charge in [0.1, 0.15) is 18.1 Å². The van der Waals surface area contributed by atoms with Gasteiger partial charge < -0.3 is 43.2 Å². The molecule has 3 rings (SSSR count). The Bertz CT molecular complexity index is 1450. The van der Waals surface area contributed by atoms with Gasteiger partial charge in [-0.2, -0.15) is 0 Å². The van der Waals surface area contributed by atoms with Crippen molar-refractivity contribution in [3.63, 3.8) is 0 Å². The third kappa shape index (κ3) is 9.83. The molecule has 13 nitrogen and oxygen atoms in total. The lowest BCUT2D eigenvalue weighted by Crippen LogP contribution is -2.58. The monoisotopic (exact) mass is 606 g/mol. The van der Waals surface area contributed by atoms with Crippen LogP contribution in [0.3, 0.4) is 0 Å². The van der Waals surface area contributed by atoms with Gasteiger partial charge in [0.2, 0.25) is 17.7 Å². The summed E-state index contributed by atoms with van der Waals surface area (Å²) in [4.78, 5) is 59.0. The minimum atomic E-state index is -1.20. The molecule has 0 spiro atoms. The molecule has 0 radical (unpaired) electrons. The van der Waals surface area contributed by atoms with Gasteiger partial charge in [-0.25, -0.2) is 4.79 Å². The summed E-state index contributed by atoms with van der Waals surface area (Å²) in [6.45, 7) is 3.52. The molecular weight excluding hydrogens is 564 g/mol. The zero-order valence-electron chi connectivity index (χ0n) is 25.0. The Morgan fingerprint density at radius 2 is 1.50 bits per heavy atom. The Labute approximate surface area is 256 Å². The third-order valence-corrected chi connectivity index (χ3v) is 7.18. The number of H-pyrrole nitrogens is 1. The maximum Gasteiger partial charge on any atom is 0.326 e. The van der Waals surface area contributed by atoms with Crippen LogP contribution in [0.2, 0.25) is 0 Å². The van der Waals surface area contributed by atoms with Gasteiger partial charge in [-0.05, 0) is 42.4 Å². The van der Waals surface area contributed by atoms with Crippen LogP contribution in [0.5, 0.6) is 0 Å². The fraction of sp³-hybridized carbons (Fsp3) is 0.387. The lowest BCUT2D eigenvalue weighted by atomic mass is 10.0. The predicted molar refractivity (Wildman–Crippen MR) is 168 cm³/mol. The number of aromatic amines is 1. The number of carboxylic acids is 1. The maximum absolute atomic E-state index is 13.7. The van der Waals surface area contributed by atoms with E-state index in [1.165, 1.54) is 0 Å². The molecule has 4 unspecified atom stereocenters. The van der Waals surface area contributed by atoms with Gasteiger partial charge in [0.25, 0.3) is 0 Å². The van der Waals surface area contributed by atoms with E-state index in [2.05, 4.69) is 25.9 Å². The number of aromatic nitrogens is 1. The lowest BCUT2D eigenvalue weighted by Gasteiger charge is -2.26. The average molecular weight is 607 g/mol. The Balaban J connectivity index is 1.79. The molecule has 0 aliphatic heterocycles. The number of aliphatic imine (C=N–C) groups is 1. The molecule has 1 heterocycles. The highest BCUT2D eigenvalue weighted by Gasteiger charge is 2.31. The minimum Gasteiger partial charge on any atom is -0.480 e. The highest BCUT2D eigenvalue weighted by molar-refractivity contribution is 5.94. The van der Waals surface area contributed by atoms with E-state index in [1.54, 1.807) is 20.0 Å². The quantitative estimate of drug-likeness (QED) is 0.0649. The van der Waals surface area contributed by atoms with Crippen molar-refractivity contribution in [1.29, 1.82) is 0 Å². The normalized spacial score (nSPS) is 13.8. The molecule has 1 aromatic heterocycles. The van der Waals surface area contributed by atoms with Gasteiger partial charge in [-0.3, -0.25) is 19.4 Å². The summed E-state index contributed by atoms with van der Waals surface area (Å²) in [6, 6.07) is 12.4. The molecule has 0 saturated heterocycles. The predicted octanol–water partition coefficient (Wildman–Crippen LogP) is 0.529. The van der Waals surface area contributed by atoms with Crippen molar-refractivity contribution in [3.8, 4) is 0 Å². The molecule has 4 atom stereocenters. The Morgan fingerprint density at radius 1 is 0.864 bits per heavy atom. The van der Waals surface area contributed by atoms with Crippen LogP contribution < -0.4 is 33.2 Å². The number of para-hydroxylation sites is 1. The largest absolute Gasteiger partial charge is 0.480 e. The first-order valence-electron chi connectivity index (χ1n) is 14.5. The average Bonchev–Trinajstić information content (AvgIpc) is 3.39. The molecule has 13 heteroatoms. The van der Waals surface area contributed by atoms with Gasteiger partial charge in [0.15, 0.2) is 5.96 Å². The second kappa shape index (κ2) is 16.1. The Hall–Kier alpha value is -4.91. The number of benzene rings is 2. The van der Waals surface area contributed by atoms with Crippen molar-refractivity contribution < 1.29 is 24.3 Å². The number of guanidine groups is 1. The van der Waals surface area contributed by atoms with Crippen molar-refractivity contribution in [2.24, 2.45) is 28.1 Å². The van der Waals surface area contributed by atoms with Crippen molar-refractivity contribution >= 4 is 40.6 Å². The van der Waals surface area contributed by atoms with Crippen LogP contribution in [-0.4, -0.2) is 70.5 Å². The molecule has 0 saturated carbocycles. The minimum absolute atomic E-state index is 0.115. The van der Waals surface area contributed by atoms with Crippen molar-refractivity contribution in [2.45, 2.75) is 63.7 Å². The number of rotatable bonds is 16. The molecule has 3 aromatic rings. The van der Waals surface area contributed by atoms with Crippen molar-refractivity contribution in [3.05, 3.63) is 71.9 Å². The molecule has 3 amide bonds. The number of amides is 3. The second-order valence-corrected chi connectivity index (χ2v) is 11.0. The molecule has 236 valence electrons. The summed E-state index contributed by atoms with van der Waals surface area (Å²) in [5.74, 6) is -3.55. The molecule has 0 fully saturated rings. The van der Waals surface area contributed by atoms with E-state index in [0.29, 0.717) is 6.42 Å². The molecular formula is C31H42N8O5. The standard InChI is InChI=1S/C31H42N8O5/c1-18(2)26(30(43)44)39-28(41)24(13-8-14-35-31(33)34)37-29(42)25(15-19-9-4-3-5-10-19)38-27(40)22(32)16-20-17-36-23-12-7-6-11-21(20)23/h3-7,9-12,17-18,22,24-26,36H,8,13-16,32H2,1-2H3,(H,37,42)(H,38,40)(H,39,41)(H,43,44)(H4,33,34,35). The highest BCUT2D eigenvalue weighted by atomic mass is 16.4. The topological polar surface area (TPSA) is 231 Å². The van der Waals surface area contributed by atoms with E-state index in [-0.39, 0.29) is 31.8 Å². The van der Waals surface area contributed by atoms with Gasteiger partial charge in [0, 0.05) is 30.1 Å². The first-order chi connectivity index (χ1) is 21.0. The van der Waals surface area contributed by atoms with Gasteiger partial charge in [0.05, 0.1) is 6.04 Å². The molecule has 2 aromatic carbocycles. The van der Waals surface area contributed by atoms with Crippen LogP contribution in [0.4, 0.5) is 0 Å². The number of aliphatic carboxylic acids is 1. The van der Waals surface area contributed by atoms with Gasteiger partial charge in [-0.15, -0.1) is 0 Å². The van der Waals surface area contributed by atoms with E-state index in [4.69, 9.17) is 17.2 Å². The van der Waals surface area contributed by atoms with Crippen molar-refractivity contribution in [1.82, 2.24) is 20.9 Å². The fourth-order valence-electron chi connectivity index (χ4n) is 4.78. The number of hydrogen-bond acceptors (Lipinski definition) is 6. The first kappa shape index (κ1) is 33.6. The second-order valence-electron chi connectivity index (χ2n) is 11.0. The number of fused-ring (bicyclic) bond motifs is 1. The number of hydrogen-bond donors (Lipinski definition) is 8. The summed E-state index contributed by atoms with van der Waals surface area (Å²) in [5.41, 5.74) is 19.7. The highest BCUT2D eigenvalue weighted by Crippen LogP contribution is 2.19. The molecule has 0 bridgehead atoms. The summed E-state index contributed by atoms with van der Waals surface area (Å²) in [5, 5.41) is 18.5. The number of nitrogens with zero attached hydrogens (tertiary/aromatic N) is 1. The van der Waals surface area contributed by atoms with E-state index in [9.17, 15) is 24.3 Å². The van der Waals surface area contributed by atoms with Crippen LogP contribution in [0.15, 0.2) is 65.8 Å². The molecule has 0 aliphatic carbocycles. The molecule has 11 N–H and O–H groups in total. The fourth-order valence-corrected chi connectivity index (χ4v) is 4.78. The first-order valence-corrected chi connectivity index (χ1v) is 14.5. The Kier molecular flexibility index (Phi) is 12.3. The van der Waals surface area contributed by atoms with Gasteiger partial charge in [-0.1, -0.05) is 62.4 Å². The van der Waals surface area contributed by atoms with Crippen molar-refractivity contribution in [2.75, 3.05) is 6.54 Å². The zero-order valence-corrected chi connectivity index (χ0v) is 25.0. The van der Waals surface area contributed by atoms with Crippen LogP contribution >= 0.6 is 0 Å². The van der Waals surface area contributed by atoms with Crippen LogP contribution in [0.25, 0.3) is 10.9 Å². The van der Waals surface area contributed by atoms with Crippen LogP contribution in [0, 0.1) is 5.92 Å².